The number of halogens is 1. The predicted molar refractivity (Wildman–Crippen MR) is 113 cm³/mol. The van der Waals surface area contributed by atoms with Crippen LogP contribution in [-0.2, 0) is 27.2 Å². The molecule has 29 heavy (non-hydrogen) atoms. The number of aromatic nitrogens is 1. The van der Waals surface area contributed by atoms with Crippen LogP contribution in [0.4, 0.5) is 0 Å². The highest BCUT2D eigenvalue weighted by Crippen LogP contribution is 2.40. The number of rotatable bonds is 5. The molecule has 1 aliphatic rings. The normalized spacial score (nSPS) is 18.5. The molecule has 6 heteroatoms. The molecule has 1 amide bonds. The molecule has 5 nitrogen and oxygen atoms in total. The number of ether oxygens (including phenoxy) is 1. The van der Waals surface area contributed by atoms with E-state index in [1.54, 1.807) is 4.90 Å². The van der Waals surface area contributed by atoms with Crippen molar-refractivity contribution >= 4 is 34.4 Å². The average Bonchev–Trinajstić information content (AvgIpc) is 3.15. The lowest BCUT2D eigenvalue weighted by atomic mass is 9.88. The molecule has 0 saturated heterocycles. The number of hydrogen-bond donors (Lipinski definition) is 1. The molecule has 1 aromatic heterocycles. The second-order valence-electron chi connectivity index (χ2n) is 7.28. The van der Waals surface area contributed by atoms with Gasteiger partial charge in [-0.2, -0.15) is 0 Å². The van der Waals surface area contributed by atoms with Gasteiger partial charge < -0.3 is 14.6 Å². The number of H-pyrrole nitrogens is 1. The first-order valence-electron chi connectivity index (χ1n) is 9.72. The number of nitrogens with one attached hydrogen (secondary N) is 1. The minimum Gasteiger partial charge on any atom is -0.467 e. The fraction of sp³-hybridized carbons (Fsp3) is 0.304. The zero-order valence-electron chi connectivity index (χ0n) is 16.2. The van der Waals surface area contributed by atoms with Gasteiger partial charge in [0, 0.05) is 23.0 Å². The fourth-order valence-electron chi connectivity index (χ4n) is 4.35. The predicted octanol–water partition coefficient (Wildman–Crippen LogP) is 4.01. The van der Waals surface area contributed by atoms with Crippen LogP contribution in [0.1, 0.15) is 29.3 Å². The topological polar surface area (TPSA) is 62.4 Å². The van der Waals surface area contributed by atoms with Crippen LogP contribution < -0.4 is 0 Å². The van der Waals surface area contributed by atoms with Crippen molar-refractivity contribution in [2.45, 2.75) is 31.3 Å². The number of aromatic amines is 1. The largest absolute Gasteiger partial charge is 0.467 e. The highest BCUT2D eigenvalue weighted by atomic mass is 35.5. The summed E-state index contributed by atoms with van der Waals surface area (Å²) in [6.45, 7) is 0. The van der Waals surface area contributed by atoms with Gasteiger partial charge in [-0.05, 0) is 30.0 Å². The van der Waals surface area contributed by atoms with Crippen LogP contribution in [0, 0.1) is 0 Å². The molecule has 0 fully saturated rings. The molecule has 4 rings (SSSR count). The summed E-state index contributed by atoms with van der Waals surface area (Å²) in [6.07, 6.45) is 1.87. The van der Waals surface area contributed by atoms with Gasteiger partial charge >= 0.3 is 5.97 Å². The molecule has 2 heterocycles. The zero-order chi connectivity index (χ0) is 20.4. The Morgan fingerprint density at radius 3 is 2.59 bits per heavy atom. The van der Waals surface area contributed by atoms with Crippen molar-refractivity contribution in [1.29, 1.82) is 0 Å². The van der Waals surface area contributed by atoms with Gasteiger partial charge in [-0.25, -0.2) is 4.79 Å². The van der Waals surface area contributed by atoms with E-state index >= 15 is 0 Å². The highest BCUT2D eigenvalue weighted by molar-refractivity contribution is 6.27. The van der Waals surface area contributed by atoms with E-state index in [2.05, 4.69) is 17.1 Å². The molecule has 0 saturated carbocycles. The van der Waals surface area contributed by atoms with E-state index in [1.807, 2.05) is 42.5 Å². The van der Waals surface area contributed by atoms with Crippen molar-refractivity contribution in [1.82, 2.24) is 9.88 Å². The van der Waals surface area contributed by atoms with Gasteiger partial charge in [0.05, 0.1) is 13.2 Å². The summed E-state index contributed by atoms with van der Waals surface area (Å²) in [4.78, 5) is 30.6. The van der Waals surface area contributed by atoms with Crippen molar-refractivity contribution in [2.75, 3.05) is 13.0 Å². The second kappa shape index (κ2) is 8.29. The summed E-state index contributed by atoms with van der Waals surface area (Å²) < 4.78 is 5.04. The maximum absolute atomic E-state index is 12.8. The summed E-state index contributed by atoms with van der Waals surface area (Å²) in [6, 6.07) is 17.2. The quantitative estimate of drug-likeness (QED) is 0.510. The molecular formula is C23H23ClN2O3. The van der Waals surface area contributed by atoms with E-state index in [0.29, 0.717) is 12.8 Å². The van der Waals surface area contributed by atoms with Gasteiger partial charge in [0.1, 0.15) is 11.9 Å². The number of nitrogens with zero attached hydrogens (tertiary/aromatic N) is 1. The number of alkyl halides is 1. The summed E-state index contributed by atoms with van der Waals surface area (Å²) in [5.41, 5.74) is 4.25. The summed E-state index contributed by atoms with van der Waals surface area (Å²) in [7, 11) is 1.36. The fourth-order valence-corrected chi connectivity index (χ4v) is 4.49. The number of carbonyl (C=O) groups is 2. The van der Waals surface area contributed by atoms with Crippen LogP contribution in [0.5, 0.6) is 0 Å². The molecule has 3 aromatic rings. The van der Waals surface area contributed by atoms with Crippen molar-refractivity contribution in [3.05, 3.63) is 71.4 Å². The highest BCUT2D eigenvalue weighted by Gasteiger charge is 2.42. The lowest BCUT2D eigenvalue weighted by molar-refractivity contribution is -0.155. The van der Waals surface area contributed by atoms with Crippen LogP contribution in [-0.4, -0.2) is 40.8 Å². The number of hydrogen-bond acceptors (Lipinski definition) is 3. The standard InChI is InChI=1S/C23H23ClN2O3/c1-29-23(28)20-13-17-16-9-5-6-10-18(16)25-22(17)19(26(20)21(27)14-24)12-11-15-7-3-2-4-8-15/h2-10,19-20,25H,11-14H2,1H3. The second-order valence-corrected chi connectivity index (χ2v) is 7.55. The minimum atomic E-state index is -0.682. The van der Waals surface area contributed by atoms with E-state index in [4.69, 9.17) is 16.3 Å². The van der Waals surface area contributed by atoms with Gasteiger partial charge in [0.25, 0.3) is 0 Å². The summed E-state index contributed by atoms with van der Waals surface area (Å²) in [5.74, 6) is -0.848. The third kappa shape index (κ3) is 3.62. The Bertz CT molecular complexity index is 1030. The maximum Gasteiger partial charge on any atom is 0.328 e. The van der Waals surface area contributed by atoms with E-state index in [9.17, 15) is 9.59 Å². The average molecular weight is 411 g/mol. The van der Waals surface area contributed by atoms with E-state index < -0.39 is 12.0 Å². The van der Waals surface area contributed by atoms with Gasteiger partial charge in [0.15, 0.2) is 0 Å². The summed E-state index contributed by atoms with van der Waals surface area (Å²) >= 11 is 5.93. The molecule has 2 atom stereocenters. The first-order chi connectivity index (χ1) is 14.1. The molecule has 0 bridgehead atoms. The number of carbonyl (C=O) groups excluding carboxylic acids is 2. The maximum atomic E-state index is 12.8. The van der Waals surface area contributed by atoms with Crippen LogP contribution in [0.15, 0.2) is 54.6 Å². The monoisotopic (exact) mass is 410 g/mol. The lowest BCUT2D eigenvalue weighted by Gasteiger charge is -2.40. The number of para-hydroxylation sites is 1. The SMILES string of the molecule is COC(=O)C1Cc2c([nH]c3ccccc23)C(CCc2ccccc2)N1C(=O)CCl. The van der Waals surface area contributed by atoms with Gasteiger partial charge in [-0.15, -0.1) is 11.6 Å². The van der Waals surface area contributed by atoms with E-state index in [-0.39, 0.29) is 17.8 Å². The summed E-state index contributed by atoms with van der Waals surface area (Å²) in [5, 5.41) is 1.08. The van der Waals surface area contributed by atoms with Crippen LogP contribution in [0.3, 0.4) is 0 Å². The number of esters is 1. The molecular weight excluding hydrogens is 388 g/mol. The van der Waals surface area contributed by atoms with Crippen molar-refractivity contribution in [2.24, 2.45) is 0 Å². The molecule has 1 N–H and O–H groups in total. The number of fused-ring (bicyclic) bond motifs is 3. The number of methoxy groups -OCH3 is 1. The first kappa shape index (κ1) is 19.5. The Morgan fingerprint density at radius 2 is 1.86 bits per heavy atom. The van der Waals surface area contributed by atoms with E-state index in [0.717, 1.165) is 28.6 Å². The van der Waals surface area contributed by atoms with Crippen molar-refractivity contribution < 1.29 is 14.3 Å². The molecule has 2 aromatic carbocycles. The lowest BCUT2D eigenvalue weighted by Crippen LogP contribution is -2.52. The molecule has 2 unspecified atom stereocenters. The van der Waals surface area contributed by atoms with Crippen LogP contribution >= 0.6 is 11.6 Å². The minimum absolute atomic E-state index is 0.176. The van der Waals surface area contributed by atoms with Gasteiger partial charge in [0.2, 0.25) is 5.91 Å². The molecule has 0 aliphatic carbocycles. The van der Waals surface area contributed by atoms with E-state index in [1.165, 1.54) is 12.7 Å². The molecule has 0 radical (unpaired) electrons. The van der Waals surface area contributed by atoms with Crippen molar-refractivity contribution in [3.63, 3.8) is 0 Å². The first-order valence-corrected chi connectivity index (χ1v) is 10.3. The Balaban J connectivity index is 1.80. The number of amides is 1. The third-order valence-corrected chi connectivity index (χ3v) is 5.90. The van der Waals surface area contributed by atoms with Gasteiger partial charge in [-0.3, -0.25) is 4.79 Å². The number of aryl methyl sites for hydroxylation is 1. The Morgan fingerprint density at radius 1 is 1.14 bits per heavy atom. The van der Waals surface area contributed by atoms with Crippen LogP contribution in [0.2, 0.25) is 0 Å². The van der Waals surface area contributed by atoms with Crippen molar-refractivity contribution in [3.8, 4) is 0 Å². The van der Waals surface area contributed by atoms with Crippen LogP contribution in [0.25, 0.3) is 10.9 Å². The number of benzene rings is 2. The Kier molecular flexibility index (Phi) is 5.58. The molecule has 1 aliphatic heterocycles. The van der Waals surface area contributed by atoms with Gasteiger partial charge in [-0.1, -0.05) is 48.5 Å². The zero-order valence-corrected chi connectivity index (χ0v) is 17.0. The Hall–Kier alpha value is -2.79. The third-order valence-electron chi connectivity index (χ3n) is 5.67. The molecule has 0 spiro atoms. The Labute approximate surface area is 174 Å². The molecule has 150 valence electrons. The smallest absolute Gasteiger partial charge is 0.328 e.